The summed E-state index contributed by atoms with van der Waals surface area (Å²) in [7, 11) is 0. The first-order chi connectivity index (χ1) is 8.77. The molecule has 18 heavy (non-hydrogen) atoms. The lowest BCUT2D eigenvalue weighted by atomic mass is 10.0. The molecule has 0 spiro atoms. The average Bonchev–Trinajstić information content (AvgIpc) is 2.47. The van der Waals surface area contributed by atoms with Gasteiger partial charge in [0.05, 0.1) is 0 Å². The minimum absolute atomic E-state index is 1.33. The quantitative estimate of drug-likeness (QED) is 0.495. The highest BCUT2D eigenvalue weighted by atomic mass is 14.0. The highest BCUT2D eigenvalue weighted by molar-refractivity contribution is 5.83. The van der Waals surface area contributed by atoms with Crippen LogP contribution in [0.4, 0.5) is 0 Å². The van der Waals surface area contributed by atoms with E-state index in [4.69, 9.17) is 0 Å². The van der Waals surface area contributed by atoms with E-state index in [9.17, 15) is 0 Å². The summed E-state index contributed by atoms with van der Waals surface area (Å²) in [6.45, 7) is 16.3. The van der Waals surface area contributed by atoms with E-state index in [2.05, 4.69) is 50.2 Å². The second kappa shape index (κ2) is 12.2. The maximum atomic E-state index is 2.24. The van der Waals surface area contributed by atoms with Crippen LogP contribution in [-0.4, -0.2) is 0 Å². The van der Waals surface area contributed by atoms with E-state index < -0.39 is 0 Å². The molecule has 0 saturated carbocycles. The molecule has 0 heteroatoms. The first-order valence-corrected chi connectivity index (χ1v) is 7.23. The second-order valence-electron chi connectivity index (χ2n) is 3.28. The third kappa shape index (κ3) is 5.86. The van der Waals surface area contributed by atoms with Crippen molar-refractivity contribution >= 4 is 10.8 Å². The molecule has 0 N–H and O–H groups in total. The Bertz CT molecular complexity index is 373. The highest BCUT2D eigenvalue weighted by Gasteiger charge is 1.95. The van der Waals surface area contributed by atoms with Gasteiger partial charge in [-0.3, -0.25) is 0 Å². The van der Waals surface area contributed by atoms with Gasteiger partial charge in [0.15, 0.2) is 0 Å². The highest BCUT2D eigenvalue weighted by Crippen LogP contribution is 2.18. The first-order valence-electron chi connectivity index (χ1n) is 7.23. The maximum absolute atomic E-state index is 2.24. The lowest BCUT2D eigenvalue weighted by molar-refractivity contribution is 1.37. The Kier molecular flexibility index (Phi) is 12.9. The van der Waals surface area contributed by atoms with Crippen molar-refractivity contribution in [3.8, 4) is 0 Å². The second-order valence-corrected chi connectivity index (χ2v) is 3.28. The Balaban J connectivity index is 0. The molecular formula is C18H30. The first kappa shape index (κ1) is 19.0. The third-order valence-electron chi connectivity index (χ3n) is 2.36. The summed E-state index contributed by atoms with van der Waals surface area (Å²) in [5.74, 6) is 0. The lowest BCUT2D eigenvalue weighted by Crippen LogP contribution is -1.80. The van der Waals surface area contributed by atoms with Gasteiger partial charge in [0.2, 0.25) is 0 Å². The molecule has 0 aromatic heterocycles. The molecule has 0 nitrogen and oxygen atoms in total. The molecule has 0 aliphatic carbocycles. The zero-order valence-corrected chi connectivity index (χ0v) is 13.5. The van der Waals surface area contributed by atoms with Crippen LogP contribution < -0.4 is 0 Å². The molecular weight excluding hydrogens is 216 g/mol. The standard InChI is InChI=1S/C12H12.3C2H6/c1-9-7-11-5-3-4-6-12(11)8-10(9)2;3*1-2/h3-8H,1-2H3;3*1-2H3. The monoisotopic (exact) mass is 246 g/mol. The van der Waals surface area contributed by atoms with Gasteiger partial charge in [-0.25, -0.2) is 0 Å². The van der Waals surface area contributed by atoms with Gasteiger partial charge in [0.25, 0.3) is 0 Å². The van der Waals surface area contributed by atoms with Crippen LogP contribution in [0.25, 0.3) is 10.8 Å². The predicted octanol–water partition coefficient (Wildman–Crippen LogP) is 6.54. The maximum Gasteiger partial charge on any atom is -0.0181 e. The number of fused-ring (bicyclic) bond motifs is 1. The number of hydrogen-bond acceptors (Lipinski definition) is 0. The van der Waals surface area contributed by atoms with Crippen molar-refractivity contribution in [3.63, 3.8) is 0 Å². The van der Waals surface area contributed by atoms with Crippen molar-refractivity contribution in [2.24, 2.45) is 0 Å². The van der Waals surface area contributed by atoms with Crippen LogP contribution in [0.3, 0.4) is 0 Å². The molecule has 2 aromatic carbocycles. The van der Waals surface area contributed by atoms with E-state index in [1.807, 2.05) is 41.5 Å². The van der Waals surface area contributed by atoms with Crippen molar-refractivity contribution in [2.45, 2.75) is 55.4 Å². The Morgan fingerprint density at radius 1 is 0.556 bits per heavy atom. The van der Waals surface area contributed by atoms with E-state index in [1.165, 1.54) is 21.9 Å². The van der Waals surface area contributed by atoms with Crippen LogP contribution in [0.1, 0.15) is 52.7 Å². The van der Waals surface area contributed by atoms with Crippen LogP contribution in [0, 0.1) is 13.8 Å². The zero-order valence-electron chi connectivity index (χ0n) is 13.5. The molecule has 0 atom stereocenters. The third-order valence-corrected chi connectivity index (χ3v) is 2.36. The van der Waals surface area contributed by atoms with E-state index in [-0.39, 0.29) is 0 Å². The summed E-state index contributed by atoms with van der Waals surface area (Å²) in [5, 5.41) is 2.67. The van der Waals surface area contributed by atoms with Gasteiger partial charge in [0.1, 0.15) is 0 Å². The van der Waals surface area contributed by atoms with Gasteiger partial charge in [-0.15, -0.1) is 0 Å². The minimum Gasteiger partial charge on any atom is -0.0683 e. The Labute approximate surface area is 114 Å². The number of rotatable bonds is 0. The zero-order chi connectivity index (χ0) is 14.6. The molecule has 0 unspecified atom stereocenters. The van der Waals surface area contributed by atoms with Crippen LogP contribution >= 0.6 is 0 Å². The summed E-state index contributed by atoms with van der Waals surface area (Å²) < 4.78 is 0. The number of benzene rings is 2. The SMILES string of the molecule is CC.CC.CC.Cc1cc2ccccc2cc1C. The van der Waals surface area contributed by atoms with Gasteiger partial charge in [-0.05, 0) is 35.7 Å². The summed E-state index contributed by atoms with van der Waals surface area (Å²) in [4.78, 5) is 0. The Hall–Kier alpha value is -1.30. The number of aryl methyl sites for hydroxylation is 2. The van der Waals surface area contributed by atoms with Gasteiger partial charge in [-0.2, -0.15) is 0 Å². The van der Waals surface area contributed by atoms with Crippen molar-refractivity contribution < 1.29 is 0 Å². The van der Waals surface area contributed by atoms with Crippen LogP contribution in [-0.2, 0) is 0 Å². The van der Waals surface area contributed by atoms with Crippen LogP contribution in [0.5, 0.6) is 0 Å². The summed E-state index contributed by atoms with van der Waals surface area (Å²) in [6.07, 6.45) is 0. The van der Waals surface area contributed by atoms with Crippen LogP contribution in [0.2, 0.25) is 0 Å². The van der Waals surface area contributed by atoms with Crippen molar-refractivity contribution in [1.29, 1.82) is 0 Å². The Morgan fingerprint density at radius 3 is 1.11 bits per heavy atom. The summed E-state index contributed by atoms with van der Waals surface area (Å²) >= 11 is 0. The van der Waals surface area contributed by atoms with Gasteiger partial charge in [0, 0.05) is 0 Å². The lowest BCUT2D eigenvalue weighted by Gasteiger charge is -2.02. The van der Waals surface area contributed by atoms with Crippen molar-refractivity contribution in [2.75, 3.05) is 0 Å². The van der Waals surface area contributed by atoms with E-state index >= 15 is 0 Å². The number of hydrogen-bond donors (Lipinski definition) is 0. The normalized spacial score (nSPS) is 8.00. The Morgan fingerprint density at radius 2 is 0.833 bits per heavy atom. The van der Waals surface area contributed by atoms with Gasteiger partial charge < -0.3 is 0 Å². The van der Waals surface area contributed by atoms with Crippen molar-refractivity contribution in [3.05, 3.63) is 47.5 Å². The topological polar surface area (TPSA) is 0 Å². The predicted molar refractivity (Wildman–Crippen MR) is 87.5 cm³/mol. The minimum atomic E-state index is 1.33. The molecule has 2 aromatic rings. The molecule has 0 bridgehead atoms. The average molecular weight is 246 g/mol. The van der Waals surface area contributed by atoms with Crippen LogP contribution in [0.15, 0.2) is 36.4 Å². The van der Waals surface area contributed by atoms with E-state index in [0.29, 0.717) is 0 Å². The molecule has 0 fully saturated rings. The molecule has 0 heterocycles. The molecule has 2 rings (SSSR count). The van der Waals surface area contributed by atoms with Crippen molar-refractivity contribution in [1.82, 2.24) is 0 Å². The van der Waals surface area contributed by atoms with E-state index in [1.54, 1.807) is 0 Å². The van der Waals surface area contributed by atoms with Gasteiger partial charge >= 0.3 is 0 Å². The molecule has 0 aliphatic rings. The summed E-state index contributed by atoms with van der Waals surface area (Å²) in [6, 6.07) is 13.0. The summed E-state index contributed by atoms with van der Waals surface area (Å²) in [5.41, 5.74) is 2.74. The fourth-order valence-electron chi connectivity index (χ4n) is 1.47. The van der Waals surface area contributed by atoms with E-state index in [0.717, 1.165) is 0 Å². The van der Waals surface area contributed by atoms with Gasteiger partial charge in [-0.1, -0.05) is 77.9 Å². The molecule has 0 aliphatic heterocycles. The largest absolute Gasteiger partial charge is 0.0683 e. The molecule has 0 radical (unpaired) electrons. The smallest absolute Gasteiger partial charge is 0.0181 e. The fourth-order valence-corrected chi connectivity index (χ4v) is 1.47. The molecule has 102 valence electrons. The molecule has 0 amide bonds. The molecule has 0 saturated heterocycles. The fraction of sp³-hybridized carbons (Fsp3) is 0.444.